The van der Waals surface area contributed by atoms with Gasteiger partial charge in [-0.15, -0.1) is 0 Å². The zero-order chi connectivity index (χ0) is 16.1. The van der Waals surface area contributed by atoms with Gasteiger partial charge in [0.15, 0.2) is 0 Å². The van der Waals surface area contributed by atoms with E-state index in [1.54, 1.807) is 0 Å². The number of ether oxygens (including phenoxy) is 1. The first kappa shape index (κ1) is 15.8. The SMILES string of the molecule is O=CCC(COCc1ccccc1)c1c[nH]c2cc(Cl)ccc12. The highest BCUT2D eigenvalue weighted by molar-refractivity contribution is 6.31. The van der Waals surface area contributed by atoms with Gasteiger partial charge < -0.3 is 14.5 Å². The molecule has 1 N–H and O–H groups in total. The van der Waals surface area contributed by atoms with E-state index in [1.165, 1.54) is 0 Å². The molecule has 23 heavy (non-hydrogen) atoms. The van der Waals surface area contributed by atoms with Gasteiger partial charge in [-0.1, -0.05) is 48.0 Å². The highest BCUT2D eigenvalue weighted by Gasteiger charge is 2.16. The van der Waals surface area contributed by atoms with E-state index >= 15 is 0 Å². The Morgan fingerprint density at radius 2 is 2.00 bits per heavy atom. The van der Waals surface area contributed by atoms with Gasteiger partial charge in [0, 0.05) is 34.5 Å². The van der Waals surface area contributed by atoms with E-state index in [0.717, 1.165) is 28.3 Å². The fourth-order valence-corrected chi connectivity index (χ4v) is 2.92. The molecule has 1 heterocycles. The van der Waals surface area contributed by atoms with Gasteiger partial charge in [0.2, 0.25) is 0 Å². The predicted molar refractivity (Wildman–Crippen MR) is 92.8 cm³/mol. The highest BCUT2D eigenvalue weighted by Crippen LogP contribution is 2.29. The molecule has 1 atom stereocenters. The van der Waals surface area contributed by atoms with Crippen LogP contribution in [0.5, 0.6) is 0 Å². The van der Waals surface area contributed by atoms with Crippen molar-refractivity contribution in [3.8, 4) is 0 Å². The lowest BCUT2D eigenvalue weighted by atomic mass is 9.96. The Morgan fingerprint density at radius 3 is 2.78 bits per heavy atom. The van der Waals surface area contributed by atoms with Gasteiger partial charge in [-0.3, -0.25) is 0 Å². The van der Waals surface area contributed by atoms with Crippen LogP contribution in [0.15, 0.2) is 54.7 Å². The minimum absolute atomic E-state index is 0.0335. The molecule has 0 amide bonds. The maximum atomic E-state index is 11.0. The molecule has 0 fully saturated rings. The summed E-state index contributed by atoms with van der Waals surface area (Å²) in [5, 5.41) is 1.78. The minimum Gasteiger partial charge on any atom is -0.376 e. The number of hydrogen-bond acceptors (Lipinski definition) is 2. The van der Waals surface area contributed by atoms with E-state index < -0.39 is 0 Å². The van der Waals surface area contributed by atoms with Crippen molar-refractivity contribution in [2.45, 2.75) is 18.9 Å². The van der Waals surface area contributed by atoms with Crippen LogP contribution < -0.4 is 0 Å². The average molecular weight is 328 g/mol. The molecule has 0 aliphatic heterocycles. The minimum atomic E-state index is 0.0335. The number of rotatable bonds is 7. The fourth-order valence-electron chi connectivity index (χ4n) is 2.75. The van der Waals surface area contributed by atoms with Crippen molar-refractivity contribution in [1.82, 2.24) is 4.98 Å². The molecule has 3 rings (SSSR count). The molecule has 3 aromatic rings. The predicted octanol–water partition coefficient (Wildman–Crippen LogP) is 4.71. The first-order chi connectivity index (χ1) is 11.3. The van der Waals surface area contributed by atoms with Gasteiger partial charge in [-0.05, 0) is 23.3 Å². The molecule has 1 unspecified atom stereocenters. The van der Waals surface area contributed by atoms with Crippen LogP contribution in [-0.4, -0.2) is 17.9 Å². The van der Waals surface area contributed by atoms with Crippen molar-refractivity contribution in [1.29, 1.82) is 0 Å². The van der Waals surface area contributed by atoms with Crippen LogP contribution in [0.4, 0.5) is 0 Å². The monoisotopic (exact) mass is 327 g/mol. The second-order valence-corrected chi connectivity index (χ2v) is 5.97. The molecule has 0 saturated carbocycles. The van der Waals surface area contributed by atoms with Gasteiger partial charge in [-0.25, -0.2) is 0 Å². The molecule has 118 valence electrons. The number of fused-ring (bicyclic) bond motifs is 1. The summed E-state index contributed by atoms with van der Waals surface area (Å²) < 4.78 is 5.83. The van der Waals surface area contributed by atoms with Crippen LogP contribution in [0.1, 0.15) is 23.5 Å². The lowest BCUT2D eigenvalue weighted by molar-refractivity contribution is -0.108. The number of aromatic amines is 1. The van der Waals surface area contributed by atoms with Crippen LogP contribution >= 0.6 is 11.6 Å². The Bertz CT molecular complexity index is 782. The summed E-state index contributed by atoms with van der Waals surface area (Å²) in [4.78, 5) is 14.3. The lowest BCUT2D eigenvalue weighted by Gasteiger charge is -2.14. The fraction of sp³-hybridized carbons (Fsp3) is 0.211. The van der Waals surface area contributed by atoms with Crippen molar-refractivity contribution >= 4 is 28.8 Å². The first-order valence-electron chi connectivity index (χ1n) is 7.60. The molecule has 0 spiro atoms. The molecule has 0 radical (unpaired) electrons. The van der Waals surface area contributed by atoms with Gasteiger partial charge in [-0.2, -0.15) is 0 Å². The van der Waals surface area contributed by atoms with Crippen LogP contribution in [-0.2, 0) is 16.1 Å². The zero-order valence-electron chi connectivity index (χ0n) is 12.7. The summed E-state index contributed by atoms with van der Waals surface area (Å²) in [7, 11) is 0. The van der Waals surface area contributed by atoms with Crippen molar-refractivity contribution in [2.24, 2.45) is 0 Å². The molecule has 0 bridgehead atoms. The number of aldehydes is 1. The van der Waals surface area contributed by atoms with E-state index in [1.807, 2.05) is 54.7 Å². The Labute approximate surface area is 140 Å². The van der Waals surface area contributed by atoms with E-state index in [4.69, 9.17) is 16.3 Å². The van der Waals surface area contributed by atoms with Crippen molar-refractivity contribution < 1.29 is 9.53 Å². The van der Waals surface area contributed by atoms with E-state index in [0.29, 0.717) is 24.7 Å². The van der Waals surface area contributed by atoms with E-state index in [9.17, 15) is 4.79 Å². The molecular formula is C19H18ClNO2. The standard InChI is InChI=1S/C19H18ClNO2/c20-16-6-7-17-18(11-21-19(17)10-16)15(8-9-22)13-23-12-14-4-2-1-3-5-14/h1-7,9-11,15,21H,8,12-13H2. The van der Waals surface area contributed by atoms with Crippen molar-refractivity contribution in [3.05, 3.63) is 70.9 Å². The van der Waals surface area contributed by atoms with Crippen molar-refractivity contribution in [3.63, 3.8) is 0 Å². The van der Waals surface area contributed by atoms with Gasteiger partial charge in [0.25, 0.3) is 0 Å². The smallest absolute Gasteiger partial charge is 0.120 e. The summed E-state index contributed by atoms with van der Waals surface area (Å²) in [6.45, 7) is 1.05. The van der Waals surface area contributed by atoms with Crippen LogP contribution in [0.3, 0.4) is 0 Å². The Morgan fingerprint density at radius 1 is 1.17 bits per heavy atom. The zero-order valence-corrected chi connectivity index (χ0v) is 13.4. The molecule has 2 aromatic carbocycles. The van der Waals surface area contributed by atoms with E-state index in [2.05, 4.69) is 4.98 Å². The Balaban J connectivity index is 1.73. The van der Waals surface area contributed by atoms with Crippen molar-refractivity contribution in [2.75, 3.05) is 6.61 Å². The van der Waals surface area contributed by atoms with Gasteiger partial charge in [0.1, 0.15) is 6.29 Å². The third-order valence-corrected chi connectivity index (χ3v) is 4.16. The molecule has 3 nitrogen and oxygen atoms in total. The summed E-state index contributed by atoms with van der Waals surface area (Å²) >= 11 is 6.02. The highest BCUT2D eigenvalue weighted by atomic mass is 35.5. The largest absolute Gasteiger partial charge is 0.376 e. The number of nitrogens with one attached hydrogen (secondary N) is 1. The quantitative estimate of drug-likeness (QED) is 0.638. The average Bonchev–Trinajstić information content (AvgIpc) is 2.98. The maximum Gasteiger partial charge on any atom is 0.120 e. The molecule has 0 aliphatic carbocycles. The number of benzene rings is 2. The Hall–Kier alpha value is -2.10. The normalized spacial score (nSPS) is 12.4. The summed E-state index contributed by atoms with van der Waals surface area (Å²) in [6.07, 6.45) is 3.33. The van der Waals surface area contributed by atoms with Gasteiger partial charge in [0.05, 0.1) is 13.2 Å². The lowest BCUT2D eigenvalue weighted by Crippen LogP contribution is -2.08. The first-order valence-corrected chi connectivity index (χ1v) is 7.97. The number of carbonyl (C=O) groups excluding carboxylic acids is 1. The summed E-state index contributed by atoms with van der Waals surface area (Å²) in [5.74, 6) is 0.0335. The molecule has 0 saturated heterocycles. The number of H-pyrrole nitrogens is 1. The number of hydrogen-bond donors (Lipinski definition) is 1. The van der Waals surface area contributed by atoms with E-state index in [-0.39, 0.29) is 5.92 Å². The maximum absolute atomic E-state index is 11.0. The van der Waals surface area contributed by atoms with Crippen LogP contribution in [0.25, 0.3) is 10.9 Å². The summed E-state index contributed by atoms with van der Waals surface area (Å²) in [5.41, 5.74) is 3.20. The molecule has 4 heteroatoms. The number of halogens is 1. The third kappa shape index (κ3) is 3.81. The molecule has 1 aromatic heterocycles. The third-order valence-electron chi connectivity index (χ3n) is 3.93. The number of carbonyl (C=O) groups is 1. The topological polar surface area (TPSA) is 42.1 Å². The van der Waals surface area contributed by atoms with Gasteiger partial charge >= 0.3 is 0 Å². The summed E-state index contributed by atoms with van der Waals surface area (Å²) in [6, 6.07) is 15.8. The molecule has 0 aliphatic rings. The molecular weight excluding hydrogens is 310 g/mol. The number of aromatic nitrogens is 1. The Kier molecular flexibility index (Phi) is 5.11. The second kappa shape index (κ2) is 7.44. The van der Waals surface area contributed by atoms with Crippen LogP contribution in [0.2, 0.25) is 5.02 Å². The second-order valence-electron chi connectivity index (χ2n) is 5.53. The van der Waals surface area contributed by atoms with Crippen LogP contribution in [0, 0.1) is 0 Å².